The monoisotopic (exact) mass is 384 g/mol. The van der Waals surface area contributed by atoms with Crippen LogP contribution in [0.3, 0.4) is 0 Å². The summed E-state index contributed by atoms with van der Waals surface area (Å²) in [5.74, 6) is -4.47. The number of hydrogen-bond donors (Lipinski definition) is 2. The smallest absolute Gasteiger partial charge is 0.312 e. The van der Waals surface area contributed by atoms with E-state index in [4.69, 9.17) is 26.8 Å². The van der Waals surface area contributed by atoms with Gasteiger partial charge in [0.05, 0.1) is 25.6 Å². The summed E-state index contributed by atoms with van der Waals surface area (Å²) in [4.78, 5) is 48.1. The molecule has 0 saturated carbocycles. The Labute approximate surface area is 156 Å². The van der Waals surface area contributed by atoms with Gasteiger partial charge in [-0.3, -0.25) is 19.2 Å². The predicted octanol–water partition coefficient (Wildman–Crippen LogP) is 1.06. The molecule has 2 amide bonds. The number of carbonyl (C=O) groups excluding carboxylic acids is 4. The first-order valence-electron chi connectivity index (χ1n) is 7.98. The molecule has 0 radical (unpaired) electrons. The molecule has 142 valence electrons. The van der Waals surface area contributed by atoms with Gasteiger partial charge in [-0.15, -0.1) is 0 Å². The van der Waals surface area contributed by atoms with E-state index >= 15 is 0 Å². The standard InChI is InChI=1S/C17H21ClN2O6/c1-3-25-13(21)9-12(17(24)26-4-2)14(15(19)22)20-16(23)10-5-7-11(18)8-6-10/h5-8,12,14H,3-4,9H2,1-2H3,(H2,19,22)(H,20,23)/t12-,14+/m1/s1. The molecule has 0 aliphatic carbocycles. The molecule has 0 saturated heterocycles. The lowest BCUT2D eigenvalue weighted by atomic mass is 9.95. The van der Waals surface area contributed by atoms with E-state index in [2.05, 4.69) is 5.32 Å². The van der Waals surface area contributed by atoms with Crippen LogP contribution in [0.25, 0.3) is 0 Å². The van der Waals surface area contributed by atoms with Crippen LogP contribution in [0.2, 0.25) is 5.02 Å². The molecule has 0 aliphatic rings. The average molecular weight is 385 g/mol. The summed E-state index contributed by atoms with van der Waals surface area (Å²) >= 11 is 5.77. The summed E-state index contributed by atoms with van der Waals surface area (Å²) in [5, 5.41) is 2.80. The van der Waals surface area contributed by atoms with Gasteiger partial charge in [-0.2, -0.15) is 0 Å². The van der Waals surface area contributed by atoms with Crippen LogP contribution in [0.5, 0.6) is 0 Å². The summed E-state index contributed by atoms with van der Waals surface area (Å²) in [5.41, 5.74) is 5.54. The fourth-order valence-corrected chi connectivity index (χ4v) is 2.31. The Morgan fingerprint density at radius 3 is 2.15 bits per heavy atom. The number of nitrogens with two attached hydrogens (primary N) is 1. The van der Waals surface area contributed by atoms with E-state index in [1.165, 1.54) is 24.3 Å². The highest BCUT2D eigenvalue weighted by molar-refractivity contribution is 6.30. The summed E-state index contributed by atoms with van der Waals surface area (Å²) in [6.07, 6.45) is -0.457. The Kier molecular flexibility index (Phi) is 8.57. The Morgan fingerprint density at radius 2 is 1.65 bits per heavy atom. The van der Waals surface area contributed by atoms with Gasteiger partial charge in [-0.1, -0.05) is 11.6 Å². The summed E-state index contributed by atoms with van der Waals surface area (Å²) in [7, 11) is 0. The van der Waals surface area contributed by atoms with Gasteiger partial charge < -0.3 is 20.5 Å². The SMILES string of the molecule is CCOC(=O)C[C@@H](C(=O)OCC)[C@H](NC(=O)c1ccc(Cl)cc1)C(N)=O. The van der Waals surface area contributed by atoms with Crippen LogP contribution in [0.15, 0.2) is 24.3 Å². The van der Waals surface area contributed by atoms with E-state index in [9.17, 15) is 19.2 Å². The number of ether oxygens (including phenoxy) is 2. The second kappa shape index (κ2) is 10.4. The van der Waals surface area contributed by atoms with Crippen LogP contribution in [-0.2, 0) is 23.9 Å². The fraction of sp³-hybridized carbons (Fsp3) is 0.412. The first-order chi connectivity index (χ1) is 12.3. The molecular formula is C17H21ClN2O6. The quantitative estimate of drug-likeness (QED) is 0.613. The molecule has 3 N–H and O–H groups in total. The van der Waals surface area contributed by atoms with Crippen molar-refractivity contribution in [3.63, 3.8) is 0 Å². The molecule has 0 unspecified atom stereocenters. The minimum Gasteiger partial charge on any atom is -0.466 e. The maximum Gasteiger partial charge on any atom is 0.312 e. The lowest BCUT2D eigenvalue weighted by Crippen LogP contribution is -2.52. The topological polar surface area (TPSA) is 125 Å². The number of carbonyl (C=O) groups is 4. The van der Waals surface area contributed by atoms with Gasteiger partial charge in [0.15, 0.2) is 0 Å². The lowest BCUT2D eigenvalue weighted by Gasteiger charge is -2.23. The molecular weight excluding hydrogens is 364 g/mol. The van der Waals surface area contributed by atoms with Crippen molar-refractivity contribution in [1.29, 1.82) is 0 Å². The number of halogens is 1. The van der Waals surface area contributed by atoms with Crippen molar-refractivity contribution >= 4 is 35.4 Å². The maximum atomic E-state index is 12.3. The van der Waals surface area contributed by atoms with Gasteiger partial charge in [0.2, 0.25) is 5.91 Å². The number of primary amides is 1. The number of hydrogen-bond acceptors (Lipinski definition) is 6. The third kappa shape index (κ3) is 6.36. The zero-order chi connectivity index (χ0) is 19.7. The molecule has 9 heteroatoms. The van der Waals surface area contributed by atoms with E-state index in [1.54, 1.807) is 13.8 Å². The number of amides is 2. The number of benzene rings is 1. The maximum absolute atomic E-state index is 12.3. The van der Waals surface area contributed by atoms with E-state index < -0.39 is 42.1 Å². The second-order valence-corrected chi connectivity index (χ2v) is 5.66. The van der Waals surface area contributed by atoms with Crippen LogP contribution < -0.4 is 11.1 Å². The Hall–Kier alpha value is -2.61. The van der Waals surface area contributed by atoms with Gasteiger partial charge in [-0.05, 0) is 38.1 Å². The molecule has 26 heavy (non-hydrogen) atoms. The normalized spacial score (nSPS) is 12.6. The highest BCUT2D eigenvalue weighted by atomic mass is 35.5. The van der Waals surface area contributed by atoms with E-state index in [0.29, 0.717) is 5.02 Å². The molecule has 0 heterocycles. The molecule has 2 atom stereocenters. The van der Waals surface area contributed by atoms with Crippen LogP contribution in [0.1, 0.15) is 30.6 Å². The highest BCUT2D eigenvalue weighted by Gasteiger charge is 2.37. The van der Waals surface area contributed by atoms with Crippen molar-refractivity contribution in [1.82, 2.24) is 5.32 Å². The molecule has 0 bridgehead atoms. The van der Waals surface area contributed by atoms with Crippen LogP contribution in [-0.4, -0.2) is 43.0 Å². The van der Waals surface area contributed by atoms with Crippen molar-refractivity contribution in [2.45, 2.75) is 26.3 Å². The van der Waals surface area contributed by atoms with Crippen molar-refractivity contribution < 1.29 is 28.7 Å². The van der Waals surface area contributed by atoms with Crippen molar-refractivity contribution in [2.75, 3.05) is 13.2 Å². The molecule has 0 aliphatic heterocycles. The molecule has 1 aromatic rings. The predicted molar refractivity (Wildman–Crippen MR) is 93.3 cm³/mol. The Bertz CT molecular complexity index is 662. The minimum atomic E-state index is -1.44. The van der Waals surface area contributed by atoms with Gasteiger partial charge in [0, 0.05) is 10.6 Å². The molecule has 8 nitrogen and oxygen atoms in total. The first-order valence-corrected chi connectivity index (χ1v) is 8.35. The van der Waals surface area contributed by atoms with Crippen molar-refractivity contribution in [3.8, 4) is 0 Å². The summed E-state index contributed by atoms with van der Waals surface area (Å²) < 4.78 is 9.70. The molecule has 0 spiro atoms. The summed E-state index contributed by atoms with van der Waals surface area (Å²) in [6.45, 7) is 3.32. The molecule has 0 aromatic heterocycles. The Morgan fingerprint density at radius 1 is 1.08 bits per heavy atom. The average Bonchev–Trinajstić information content (AvgIpc) is 2.58. The minimum absolute atomic E-state index is 0.0365. The largest absolute Gasteiger partial charge is 0.466 e. The summed E-state index contributed by atoms with van der Waals surface area (Å²) in [6, 6.07) is 4.44. The molecule has 1 aromatic carbocycles. The van der Waals surface area contributed by atoms with E-state index in [0.717, 1.165) is 0 Å². The lowest BCUT2D eigenvalue weighted by molar-refractivity contribution is -0.156. The second-order valence-electron chi connectivity index (χ2n) is 5.23. The number of rotatable bonds is 9. The van der Waals surface area contributed by atoms with Gasteiger partial charge in [-0.25, -0.2) is 0 Å². The number of nitrogens with one attached hydrogen (secondary N) is 1. The van der Waals surface area contributed by atoms with Crippen molar-refractivity contribution in [2.24, 2.45) is 11.7 Å². The van der Waals surface area contributed by atoms with Crippen LogP contribution in [0, 0.1) is 5.92 Å². The third-order valence-electron chi connectivity index (χ3n) is 3.38. The van der Waals surface area contributed by atoms with Gasteiger partial charge in [0.25, 0.3) is 5.91 Å². The van der Waals surface area contributed by atoms with Gasteiger partial charge in [0.1, 0.15) is 6.04 Å². The van der Waals surface area contributed by atoms with Crippen molar-refractivity contribution in [3.05, 3.63) is 34.9 Å². The highest BCUT2D eigenvalue weighted by Crippen LogP contribution is 2.15. The van der Waals surface area contributed by atoms with Crippen LogP contribution >= 0.6 is 11.6 Å². The van der Waals surface area contributed by atoms with Crippen LogP contribution in [0.4, 0.5) is 0 Å². The first kappa shape index (κ1) is 21.4. The molecule has 0 fully saturated rings. The zero-order valence-corrected chi connectivity index (χ0v) is 15.2. The fourth-order valence-electron chi connectivity index (χ4n) is 2.18. The third-order valence-corrected chi connectivity index (χ3v) is 3.64. The van der Waals surface area contributed by atoms with E-state index in [-0.39, 0.29) is 18.8 Å². The number of esters is 2. The van der Waals surface area contributed by atoms with E-state index in [1.807, 2.05) is 0 Å². The zero-order valence-electron chi connectivity index (χ0n) is 14.5. The molecule has 1 rings (SSSR count). The van der Waals surface area contributed by atoms with Gasteiger partial charge >= 0.3 is 11.9 Å². The Balaban J connectivity index is 3.03.